The molecule has 2 fully saturated rings. The zero-order chi connectivity index (χ0) is 13.5. The molecule has 1 aromatic rings. The van der Waals surface area contributed by atoms with Gasteiger partial charge in [-0.1, -0.05) is 31.0 Å². The average molecular weight is 280 g/mol. The molecule has 0 bridgehead atoms. The van der Waals surface area contributed by atoms with Crippen LogP contribution in [0.5, 0.6) is 0 Å². The zero-order valence-electron chi connectivity index (χ0n) is 11.1. The first-order valence-electron chi connectivity index (χ1n) is 6.88. The molecule has 1 aromatic carbocycles. The quantitative estimate of drug-likeness (QED) is 0.900. The maximum Gasteiger partial charge on any atom is 0.216 e. The second-order valence-electron chi connectivity index (χ2n) is 5.54. The molecule has 0 radical (unpaired) electrons. The second-order valence-corrected chi connectivity index (χ2v) is 7.47. The Kier molecular flexibility index (Phi) is 3.27. The van der Waals surface area contributed by atoms with Gasteiger partial charge in [-0.2, -0.15) is 4.72 Å². The van der Waals surface area contributed by atoms with Gasteiger partial charge in [-0.15, -0.1) is 0 Å². The Labute approximate surface area is 114 Å². The SMILES string of the molecule is CN(c1ccccc1)C1NS(=O)(=O)C2CCCCC12. The van der Waals surface area contributed by atoms with E-state index in [1.807, 2.05) is 37.4 Å². The van der Waals surface area contributed by atoms with E-state index in [1.165, 1.54) is 0 Å². The molecule has 5 heteroatoms. The Hall–Kier alpha value is -1.07. The fourth-order valence-corrected chi connectivity index (χ4v) is 5.47. The van der Waals surface area contributed by atoms with Gasteiger partial charge in [0.2, 0.25) is 10.0 Å². The number of sulfonamides is 1. The number of rotatable bonds is 2. The molecule has 1 saturated carbocycles. The van der Waals surface area contributed by atoms with Crippen LogP contribution in [-0.2, 0) is 10.0 Å². The van der Waals surface area contributed by atoms with Crippen molar-refractivity contribution in [2.45, 2.75) is 37.1 Å². The minimum Gasteiger partial charge on any atom is -0.358 e. The van der Waals surface area contributed by atoms with Crippen LogP contribution in [0.3, 0.4) is 0 Å². The topological polar surface area (TPSA) is 49.4 Å². The van der Waals surface area contributed by atoms with Crippen LogP contribution in [0.2, 0.25) is 0 Å². The fraction of sp³-hybridized carbons (Fsp3) is 0.571. The predicted molar refractivity (Wildman–Crippen MR) is 76.4 cm³/mol. The Morgan fingerprint density at radius 1 is 1.16 bits per heavy atom. The van der Waals surface area contributed by atoms with Gasteiger partial charge < -0.3 is 4.90 Å². The number of hydrogen-bond donors (Lipinski definition) is 1. The smallest absolute Gasteiger partial charge is 0.216 e. The molecule has 104 valence electrons. The maximum absolute atomic E-state index is 12.2. The molecule has 1 saturated heterocycles. The van der Waals surface area contributed by atoms with Crippen LogP contribution in [0.15, 0.2) is 30.3 Å². The van der Waals surface area contributed by atoms with Crippen molar-refractivity contribution in [2.75, 3.05) is 11.9 Å². The third kappa shape index (κ3) is 2.25. The third-order valence-electron chi connectivity index (χ3n) is 4.42. The highest BCUT2D eigenvalue weighted by atomic mass is 32.2. The lowest BCUT2D eigenvalue weighted by atomic mass is 9.86. The molecule has 1 N–H and O–H groups in total. The maximum atomic E-state index is 12.2. The molecule has 1 heterocycles. The average Bonchev–Trinajstić information content (AvgIpc) is 2.72. The molecular weight excluding hydrogens is 260 g/mol. The zero-order valence-corrected chi connectivity index (χ0v) is 11.9. The lowest BCUT2D eigenvalue weighted by Gasteiger charge is -2.33. The second kappa shape index (κ2) is 4.80. The summed E-state index contributed by atoms with van der Waals surface area (Å²) in [6.07, 6.45) is 3.87. The number of nitrogens with one attached hydrogen (secondary N) is 1. The van der Waals surface area contributed by atoms with Crippen LogP contribution >= 0.6 is 0 Å². The first-order valence-corrected chi connectivity index (χ1v) is 8.43. The monoisotopic (exact) mass is 280 g/mol. The highest BCUT2D eigenvalue weighted by Crippen LogP contribution is 2.38. The Morgan fingerprint density at radius 2 is 1.84 bits per heavy atom. The van der Waals surface area contributed by atoms with Crippen molar-refractivity contribution < 1.29 is 8.42 Å². The lowest BCUT2D eigenvalue weighted by Crippen LogP contribution is -2.44. The van der Waals surface area contributed by atoms with Crippen LogP contribution in [0.25, 0.3) is 0 Å². The van der Waals surface area contributed by atoms with Gasteiger partial charge in [-0.3, -0.25) is 0 Å². The van der Waals surface area contributed by atoms with E-state index in [0.717, 1.165) is 31.4 Å². The molecule has 4 nitrogen and oxygen atoms in total. The number of anilines is 1. The molecule has 0 amide bonds. The van der Waals surface area contributed by atoms with Crippen molar-refractivity contribution in [3.8, 4) is 0 Å². The third-order valence-corrected chi connectivity index (χ3v) is 6.38. The molecule has 1 aliphatic carbocycles. The van der Waals surface area contributed by atoms with Gasteiger partial charge in [0.1, 0.15) is 0 Å². The Bertz CT molecular complexity index is 544. The highest BCUT2D eigenvalue weighted by molar-refractivity contribution is 7.90. The number of fused-ring (bicyclic) bond motifs is 1. The van der Waals surface area contributed by atoms with Crippen molar-refractivity contribution in [3.05, 3.63) is 30.3 Å². The van der Waals surface area contributed by atoms with Gasteiger partial charge in [-0.25, -0.2) is 8.42 Å². The minimum atomic E-state index is -3.14. The fourth-order valence-electron chi connectivity index (χ4n) is 3.41. The standard InChI is InChI=1S/C14H20N2O2S/c1-16(11-7-3-2-4-8-11)14-12-9-5-6-10-13(12)19(17,18)15-14/h2-4,7-8,12-15H,5-6,9-10H2,1H3. The summed E-state index contributed by atoms with van der Waals surface area (Å²) in [7, 11) is -1.17. The van der Waals surface area contributed by atoms with Gasteiger partial charge in [0, 0.05) is 18.7 Å². The van der Waals surface area contributed by atoms with Gasteiger partial charge in [0.05, 0.1) is 11.4 Å². The number of benzene rings is 1. The van der Waals surface area contributed by atoms with E-state index < -0.39 is 10.0 Å². The summed E-state index contributed by atoms with van der Waals surface area (Å²) in [6.45, 7) is 0. The number of nitrogens with zero attached hydrogens (tertiary/aromatic N) is 1. The molecule has 1 aliphatic heterocycles. The molecule has 2 aliphatic rings. The Balaban J connectivity index is 1.89. The van der Waals surface area contributed by atoms with E-state index in [1.54, 1.807) is 0 Å². The lowest BCUT2D eigenvalue weighted by molar-refractivity contribution is 0.322. The van der Waals surface area contributed by atoms with Crippen molar-refractivity contribution in [3.63, 3.8) is 0 Å². The number of para-hydroxylation sites is 1. The van der Waals surface area contributed by atoms with Crippen LogP contribution in [0.4, 0.5) is 5.69 Å². The van der Waals surface area contributed by atoms with E-state index in [0.29, 0.717) is 0 Å². The van der Waals surface area contributed by atoms with Crippen molar-refractivity contribution >= 4 is 15.7 Å². The molecule has 19 heavy (non-hydrogen) atoms. The van der Waals surface area contributed by atoms with Crippen LogP contribution < -0.4 is 9.62 Å². The normalized spacial score (nSPS) is 32.8. The van der Waals surface area contributed by atoms with Crippen molar-refractivity contribution in [1.29, 1.82) is 0 Å². The highest BCUT2D eigenvalue weighted by Gasteiger charge is 2.49. The summed E-state index contributed by atoms with van der Waals surface area (Å²) >= 11 is 0. The van der Waals surface area contributed by atoms with E-state index in [4.69, 9.17) is 0 Å². The molecule has 0 spiro atoms. The Morgan fingerprint density at radius 3 is 2.58 bits per heavy atom. The van der Waals surface area contributed by atoms with Gasteiger partial charge in [0.25, 0.3) is 0 Å². The van der Waals surface area contributed by atoms with Crippen LogP contribution in [-0.4, -0.2) is 26.9 Å². The van der Waals surface area contributed by atoms with E-state index in [9.17, 15) is 8.42 Å². The summed E-state index contributed by atoms with van der Waals surface area (Å²) in [5.74, 6) is 0.212. The summed E-state index contributed by atoms with van der Waals surface area (Å²) in [5.41, 5.74) is 1.06. The van der Waals surface area contributed by atoms with Crippen LogP contribution in [0.1, 0.15) is 25.7 Å². The first kappa shape index (κ1) is 12.9. The first-order chi connectivity index (χ1) is 9.09. The summed E-state index contributed by atoms with van der Waals surface area (Å²) in [5, 5.41) is -0.197. The van der Waals surface area contributed by atoms with Gasteiger partial charge in [-0.05, 0) is 25.0 Å². The van der Waals surface area contributed by atoms with E-state index >= 15 is 0 Å². The van der Waals surface area contributed by atoms with Crippen molar-refractivity contribution in [2.24, 2.45) is 5.92 Å². The largest absolute Gasteiger partial charge is 0.358 e. The van der Waals surface area contributed by atoms with Gasteiger partial charge >= 0.3 is 0 Å². The molecule has 3 atom stereocenters. The van der Waals surface area contributed by atoms with Crippen molar-refractivity contribution in [1.82, 2.24) is 4.72 Å². The van der Waals surface area contributed by atoms with E-state index in [2.05, 4.69) is 9.62 Å². The summed E-state index contributed by atoms with van der Waals surface area (Å²) < 4.78 is 27.3. The minimum absolute atomic E-state index is 0.0994. The number of hydrogen-bond acceptors (Lipinski definition) is 3. The summed E-state index contributed by atoms with van der Waals surface area (Å²) in [4.78, 5) is 2.06. The molecular formula is C14H20N2O2S. The van der Waals surface area contributed by atoms with E-state index in [-0.39, 0.29) is 17.3 Å². The van der Waals surface area contributed by atoms with Gasteiger partial charge in [0.15, 0.2) is 0 Å². The molecule has 3 rings (SSSR count). The summed E-state index contributed by atoms with van der Waals surface area (Å²) in [6, 6.07) is 9.97. The molecule has 3 unspecified atom stereocenters. The van der Waals surface area contributed by atoms with Crippen LogP contribution in [0, 0.1) is 5.92 Å². The molecule has 0 aromatic heterocycles. The predicted octanol–water partition coefficient (Wildman–Crippen LogP) is 1.94.